The molecule has 5 nitrogen and oxygen atoms in total. The summed E-state index contributed by atoms with van der Waals surface area (Å²) in [4.78, 5) is 12.8. The molecule has 7 heteroatoms. The molecule has 2 heterocycles. The van der Waals surface area contributed by atoms with Gasteiger partial charge in [0.15, 0.2) is 5.69 Å². The summed E-state index contributed by atoms with van der Waals surface area (Å²) in [6.07, 6.45) is 4.69. The molecule has 1 aliphatic carbocycles. The van der Waals surface area contributed by atoms with Gasteiger partial charge in [0.05, 0.1) is 23.4 Å². The van der Waals surface area contributed by atoms with E-state index in [9.17, 15) is 4.79 Å². The van der Waals surface area contributed by atoms with Gasteiger partial charge in [-0.25, -0.2) is 4.68 Å². The van der Waals surface area contributed by atoms with Crippen LogP contribution in [0.2, 0.25) is 10.0 Å². The molecule has 0 radical (unpaired) electrons. The zero-order chi connectivity index (χ0) is 17.4. The van der Waals surface area contributed by atoms with Crippen LogP contribution in [0.3, 0.4) is 0 Å². The summed E-state index contributed by atoms with van der Waals surface area (Å²) >= 11 is 12.3. The molecule has 2 aromatic rings. The van der Waals surface area contributed by atoms with Crippen molar-refractivity contribution >= 4 is 29.1 Å². The number of carbonyl (C=O) groups excluding carboxylic acids is 1. The first-order valence-electron chi connectivity index (χ1n) is 8.58. The van der Waals surface area contributed by atoms with Crippen LogP contribution >= 0.6 is 23.2 Å². The molecular weight excluding hydrogens is 361 g/mol. The highest BCUT2D eigenvalue weighted by Crippen LogP contribution is 2.31. The number of nitrogens with one attached hydrogen (secondary N) is 1. The molecule has 2 aliphatic rings. The van der Waals surface area contributed by atoms with Crippen LogP contribution in [0.25, 0.3) is 5.69 Å². The SMILES string of the molecule is O=C(N[C@@H]1CCCOC1)c1nn(-c2ccc(Cl)cc2Cl)c2c1CCC2. The van der Waals surface area contributed by atoms with E-state index in [2.05, 4.69) is 10.4 Å². The van der Waals surface area contributed by atoms with Crippen LogP contribution in [0.4, 0.5) is 0 Å². The summed E-state index contributed by atoms with van der Waals surface area (Å²) in [5.74, 6) is -0.127. The van der Waals surface area contributed by atoms with Crippen LogP contribution in [0.5, 0.6) is 0 Å². The number of fused-ring (bicyclic) bond motifs is 1. The Hall–Kier alpha value is -1.56. The Morgan fingerprint density at radius 3 is 2.92 bits per heavy atom. The highest BCUT2D eigenvalue weighted by atomic mass is 35.5. The van der Waals surface area contributed by atoms with Crippen LogP contribution < -0.4 is 5.32 Å². The minimum absolute atomic E-state index is 0.0579. The van der Waals surface area contributed by atoms with Crippen molar-refractivity contribution < 1.29 is 9.53 Å². The molecule has 1 fully saturated rings. The highest BCUT2D eigenvalue weighted by Gasteiger charge is 2.29. The quantitative estimate of drug-likeness (QED) is 0.886. The van der Waals surface area contributed by atoms with Crippen LogP contribution in [0.1, 0.15) is 41.0 Å². The van der Waals surface area contributed by atoms with Crippen molar-refractivity contribution in [1.29, 1.82) is 0 Å². The van der Waals surface area contributed by atoms with Gasteiger partial charge in [0.2, 0.25) is 0 Å². The fourth-order valence-electron chi connectivity index (χ4n) is 3.58. The second kappa shape index (κ2) is 6.98. The summed E-state index contributed by atoms with van der Waals surface area (Å²) in [7, 11) is 0. The fourth-order valence-corrected chi connectivity index (χ4v) is 4.07. The summed E-state index contributed by atoms with van der Waals surface area (Å²) in [5.41, 5.74) is 3.35. The molecule has 0 bridgehead atoms. The summed E-state index contributed by atoms with van der Waals surface area (Å²) in [6.45, 7) is 1.34. The van der Waals surface area contributed by atoms with Crippen LogP contribution in [0.15, 0.2) is 18.2 Å². The normalized spacial score (nSPS) is 19.7. The van der Waals surface area contributed by atoms with Gasteiger partial charge in [-0.2, -0.15) is 5.10 Å². The average molecular weight is 380 g/mol. The Kier molecular flexibility index (Phi) is 4.71. The van der Waals surface area contributed by atoms with Gasteiger partial charge in [0.1, 0.15) is 0 Å². The molecular formula is C18H19Cl2N3O2. The first kappa shape index (κ1) is 16.9. The van der Waals surface area contributed by atoms with Crippen molar-refractivity contribution in [1.82, 2.24) is 15.1 Å². The molecule has 1 N–H and O–H groups in total. The van der Waals surface area contributed by atoms with Crippen LogP contribution in [0, 0.1) is 0 Å². The molecule has 4 rings (SSSR count). The number of aromatic nitrogens is 2. The lowest BCUT2D eigenvalue weighted by atomic mass is 10.1. The van der Waals surface area contributed by atoms with Crippen LogP contribution in [-0.4, -0.2) is 34.9 Å². The number of rotatable bonds is 3. The molecule has 1 aromatic heterocycles. The molecule has 1 atom stereocenters. The van der Waals surface area contributed by atoms with Gasteiger partial charge in [0.25, 0.3) is 5.91 Å². The van der Waals surface area contributed by atoms with Crippen molar-refractivity contribution in [3.05, 3.63) is 45.2 Å². The molecule has 132 valence electrons. The second-order valence-electron chi connectivity index (χ2n) is 6.52. The van der Waals surface area contributed by atoms with E-state index in [1.165, 1.54) is 0 Å². The van der Waals surface area contributed by atoms with Crippen molar-refractivity contribution in [3.63, 3.8) is 0 Å². The maximum absolute atomic E-state index is 12.8. The average Bonchev–Trinajstić information content (AvgIpc) is 3.18. The third kappa shape index (κ3) is 3.28. The maximum Gasteiger partial charge on any atom is 0.272 e. The third-order valence-electron chi connectivity index (χ3n) is 4.78. The van der Waals surface area contributed by atoms with E-state index in [0.717, 1.165) is 55.7 Å². The Balaban J connectivity index is 1.66. The van der Waals surface area contributed by atoms with Gasteiger partial charge in [0, 0.05) is 22.9 Å². The number of benzene rings is 1. The van der Waals surface area contributed by atoms with Crippen LogP contribution in [-0.2, 0) is 17.6 Å². The molecule has 1 aliphatic heterocycles. The van der Waals surface area contributed by atoms with Gasteiger partial charge in [-0.15, -0.1) is 0 Å². The smallest absolute Gasteiger partial charge is 0.272 e. The molecule has 1 aromatic carbocycles. The maximum atomic E-state index is 12.8. The van der Waals surface area contributed by atoms with E-state index in [0.29, 0.717) is 22.3 Å². The minimum Gasteiger partial charge on any atom is -0.379 e. The predicted molar refractivity (Wildman–Crippen MR) is 96.9 cm³/mol. The summed E-state index contributed by atoms with van der Waals surface area (Å²) in [5, 5.41) is 8.76. The summed E-state index contributed by atoms with van der Waals surface area (Å²) < 4.78 is 7.24. The molecule has 0 saturated carbocycles. The fraction of sp³-hybridized carbons (Fsp3) is 0.444. The van der Waals surface area contributed by atoms with Gasteiger partial charge >= 0.3 is 0 Å². The predicted octanol–water partition coefficient (Wildman–Crippen LogP) is 3.58. The van der Waals surface area contributed by atoms with E-state index in [-0.39, 0.29) is 11.9 Å². The second-order valence-corrected chi connectivity index (χ2v) is 7.37. The Bertz CT molecular complexity index is 813. The van der Waals surface area contributed by atoms with Gasteiger partial charge < -0.3 is 10.1 Å². The number of carbonyl (C=O) groups is 1. The lowest BCUT2D eigenvalue weighted by Crippen LogP contribution is -2.41. The molecule has 0 spiro atoms. The van der Waals surface area contributed by atoms with E-state index < -0.39 is 0 Å². The van der Waals surface area contributed by atoms with Crippen molar-refractivity contribution in [3.8, 4) is 5.69 Å². The molecule has 25 heavy (non-hydrogen) atoms. The monoisotopic (exact) mass is 379 g/mol. The lowest BCUT2D eigenvalue weighted by Gasteiger charge is -2.22. The Morgan fingerprint density at radius 1 is 1.28 bits per heavy atom. The number of amides is 1. The molecule has 0 unspecified atom stereocenters. The minimum atomic E-state index is -0.127. The number of halogens is 2. The topological polar surface area (TPSA) is 56.1 Å². The first-order valence-corrected chi connectivity index (χ1v) is 9.34. The van der Waals surface area contributed by atoms with Crippen molar-refractivity contribution in [2.75, 3.05) is 13.2 Å². The summed E-state index contributed by atoms with van der Waals surface area (Å²) in [6, 6.07) is 5.38. The largest absolute Gasteiger partial charge is 0.379 e. The van der Waals surface area contributed by atoms with Crippen molar-refractivity contribution in [2.24, 2.45) is 0 Å². The lowest BCUT2D eigenvalue weighted by molar-refractivity contribution is 0.0621. The van der Waals surface area contributed by atoms with Gasteiger partial charge in [-0.05, 0) is 50.3 Å². The Morgan fingerprint density at radius 2 is 2.16 bits per heavy atom. The van der Waals surface area contributed by atoms with E-state index >= 15 is 0 Å². The van der Waals surface area contributed by atoms with E-state index in [4.69, 9.17) is 27.9 Å². The zero-order valence-electron chi connectivity index (χ0n) is 13.7. The standard InChI is InChI=1S/C18H19Cl2N3O2/c19-11-6-7-16(14(20)9-11)23-15-5-1-4-13(15)17(22-23)18(24)21-12-3-2-8-25-10-12/h6-7,9,12H,1-5,8,10H2,(H,21,24)/t12-/m1/s1. The highest BCUT2D eigenvalue weighted by molar-refractivity contribution is 6.35. The zero-order valence-corrected chi connectivity index (χ0v) is 15.2. The number of hydrogen-bond donors (Lipinski definition) is 1. The van der Waals surface area contributed by atoms with Gasteiger partial charge in [-0.1, -0.05) is 23.2 Å². The first-order chi connectivity index (χ1) is 12.1. The molecule has 1 amide bonds. The Labute approximate surface area is 156 Å². The number of nitrogens with zero attached hydrogens (tertiary/aromatic N) is 2. The third-order valence-corrected chi connectivity index (χ3v) is 5.32. The van der Waals surface area contributed by atoms with Crippen molar-refractivity contribution in [2.45, 2.75) is 38.1 Å². The van der Waals surface area contributed by atoms with Gasteiger partial charge in [-0.3, -0.25) is 4.79 Å². The van der Waals surface area contributed by atoms with E-state index in [1.54, 1.807) is 16.8 Å². The number of ether oxygens (including phenoxy) is 1. The van der Waals surface area contributed by atoms with E-state index in [1.807, 2.05) is 6.07 Å². The molecule has 1 saturated heterocycles. The number of hydrogen-bond acceptors (Lipinski definition) is 3.